The molecule has 1 heterocycles. The highest BCUT2D eigenvalue weighted by Crippen LogP contribution is 2.28. The summed E-state index contributed by atoms with van der Waals surface area (Å²) in [6.07, 6.45) is -1.22. The zero-order valence-corrected chi connectivity index (χ0v) is 11.5. The number of rotatable bonds is 7. The Morgan fingerprint density at radius 1 is 1.43 bits per heavy atom. The van der Waals surface area contributed by atoms with Gasteiger partial charge in [-0.2, -0.15) is 13.2 Å². The third-order valence-electron chi connectivity index (χ3n) is 2.44. The van der Waals surface area contributed by atoms with E-state index in [1.807, 2.05) is 0 Å². The Balaban J connectivity index is 2.28. The van der Waals surface area contributed by atoms with Crippen molar-refractivity contribution in [2.75, 3.05) is 25.0 Å². The van der Waals surface area contributed by atoms with Crippen LogP contribution in [0.1, 0.15) is 12.0 Å². The summed E-state index contributed by atoms with van der Waals surface area (Å²) in [6.45, 7) is 5.12. The minimum atomic E-state index is -4.36. The molecule has 0 bridgehead atoms. The van der Waals surface area contributed by atoms with Gasteiger partial charge >= 0.3 is 6.18 Å². The van der Waals surface area contributed by atoms with Crippen molar-refractivity contribution in [3.8, 4) is 0 Å². The van der Waals surface area contributed by atoms with E-state index in [4.69, 9.17) is 5.73 Å². The van der Waals surface area contributed by atoms with Gasteiger partial charge in [0.15, 0.2) is 5.96 Å². The molecule has 0 amide bonds. The molecule has 0 aliphatic heterocycles. The third-order valence-corrected chi connectivity index (χ3v) is 2.44. The Labute approximate surface area is 121 Å². The molecule has 1 aromatic heterocycles. The van der Waals surface area contributed by atoms with Gasteiger partial charge in [0.1, 0.15) is 5.82 Å². The molecule has 0 radical (unpaired) electrons. The number of hydrogen-bond donors (Lipinski definition) is 3. The van der Waals surface area contributed by atoms with Gasteiger partial charge in [-0.25, -0.2) is 4.98 Å². The van der Waals surface area contributed by atoms with Gasteiger partial charge in [0.25, 0.3) is 0 Å². The molecule has 5 nitrogen and oxygen atoms in total. The van der Waals surface area contributed by atoms with E-state index in [2.05, 4.69) is 27.2 Å². The van der Waals surface area contributed by atoms with Crippen LogP contribution in [-0.2, 0) is 6.18 Å². The highest BCUT2D eigenvalue weighted by atomic mass is 19.4. The van der Waals surface area contributed by atoms with E-state index in [1.165, 1.54) is 6.07 Å². The molecule has 1 rings (SSSR count). The minimum absolute atomic E-state index is 0.336. The predicted octanol–water partition coefficient (Wildman–Crippen LogP) is 1.99. The first-order chi connectivity index (χ1) is 9.93. The molecular formula is C13H18F3N5. The first kappa shape index (κ1) is 16.8. The maximum Gasteiger partial charge on any atom is 0.417 e. The summed E-state index contributed by atoms with van der Waals surface area (Å²) >= 11 is 0. The summed E-state index contributed by atoms with van der Waals surface area (Å²) in [4.78, 5) is 7.77. The molecule has 0 fully saturated rings. The molecule has 0 aromatic carbocycles. The number of aliphatic imine (C=N–C) groups is 1. The fraction of sp³-hybridized carbons (Fsp3) is 0.385. The monoisotopic (exact) mass is 301 g/mol. The van der Waals surface area contributed by atoms with Crippen LogP contribution in [0.5, 0.6) is 0 Å². The van der Waals surface area contributed by atoms with Crippen molar-refractivity contribution in [2.45, 2.75) is 12.6 Å². The smallest absolute Gasteiger partial charge is 0.370 e. The van der Waals surface area contributed by atoms with Crippen LogP contribution in [-0.4, -0.2) is 30.6 Å². The Bertz CT molecular complexity index is 468. The lowest BCUT2D eigenvalue weighted by Gasteiger charge is -2.08. The molecule has 0 saturated carbocycles. The number of halogens is 3. The van der Waals surface area contributed by atoms with Crippen LogP contribution in [0.25, 0.3) is 0 Å². The zero-order chi connectivity index (χ0) is 15.7. The first-order valence-corrected chi connectivity index (χ1v) is 6.35. The number of nitrogens with two attached hydrogens (primary N) is 1. The van der Waals surface area contributed by atoms with Gasteiger partial charge < -0.3 is 16.4 Å². The standard InChI is InChI=1S/C13H18F3N5/c1-2-6-19-12(17)20-8-3-7-18-11-5-4-10(9-21-11)13(14,15)16/h2,4-5,9H,1,3,6-8H2,(H,18,21)(H3,17,19,20). The number of pyridine rings is 1. The molecule has 4 N–H and O–H groups in total. The van der Waals surface area contributed by atoms with Gasteiger partial charge in [-0.1, -0.05) is 6.08 Å². The third kappa shape index (κ3) is 6.64. The van der Waals surface area contributed by atoms with Crippen LogP contribution >= 0.6 is 0 Å². The van der Waals surface area contributed by atoms with Crippen molar-refractivity contribution in [3.05, 3.63) is 36.5 Å². The fourth-order valence-electron chi connectivity index (χ4n) is 1.39. The quantitative estimate of drug-likeness (QED) is 0.312. The Kier molecular flexibility index (Phi) is 6.51. The maximum atomic E-state index is 12.3. The molecule has 0 atom stereocenters. The van der Waals surface area contributed by atoms with E-state index >= 15 is 0 Å². The number of hydrogen-bond acceptors (Lipinski definition) is 3. The molecule has 0 saturated heterocycles. The Morgan fingerprint density at radius 2 is 2.19 bits per heavy atom. The average molecular weight is 301 g/mol. The van der Waals surface area contributed by atoms with Crippen LogP contribution in [0.15, 0.2) is 36.0 Å². The van der Waals surface area contributed by atoms with E-state index < -0.39 is 11.7 Å². The second-order valence-electron chi connectivity index (χ2n) is 4.15. The van der Waals surface area contributed by atoms with Crippen molar-refractivity contribution in [2.24, 2.45) is 10.7 Å². The molecule has 0 aliphatic carbocycles. The number of nitrogens with zero attached hydrogens (tertiary/aromatic N) is 2. The molecule has 0 spiro atoms. The number of aromatic nitrogens is 1. The highest BCUT2D eigenvalue weighted by Gasteiger charge is 2.30. The van der Waals surface area contributed by atoms with Crippen molar-refractivity contribution in [1.29, 1.82) is 0 Å². The maximum absolute atomic E-state index is 12.3. The SMILES string of the molecule is C=CCNC(N)=NCCCNc1ccc(C(F)(F)F)cn1. The van der Waals surface area contributed by atoms with Crippen molar-refractivity contribution in [1.82, 2.24) is 10.3 Å². The van der Waals surface area contributed by atoms with Crippen molar-refractivity contribution < 1.29 is 13.2 Å². The van der Waals surface area contributed by atoms with Crippen LogP contribution in [0, 0.1) is 0 Å². The molecule has 0 aliphatic rings. The Morgan fingerprint density at radius 3 is 2.76 bits per heavy atom. The number of alkyl halides is 3. The van der Waals surface area contributed by atoms with Crippen LogP contribution in [0.4, 0.5) is 19.0 Å². The number of nitrogens with one attached hydrogen (secondary N) is 2. The zero-order valence-electron chi connectivity index (χ0n) is 11.5. The average Bonchev–Trinajstić information content (AvgIpc) is 2.44. The summed E-state index contributed by atoms with van der Waals surface area (Å²) in [6, 6.07) is 2.29. The van der Waals surface area contributed by atoms with E-state index in [0.29, 0.717) is 37.8 Å². The second-order valence-corrected chi connectivity index (χ2v) is 4.15. The predicted molar refractivity (Wildman–Crippen MR) is 77.0 cm³/mol. The first-order valence-electron chi connectivity index (χ1n) is 6.35. The summed E-state index contributed by atoms with van der Waals surface area (Å²) in [5, 5.41) is 5.75. The van der Waals surface area contributed by atoms with Gasteiger partial charge in [-0.05, 0) is 18.6 Å². The highest BCUT2D eigenvalue weighted by molar-refractivity contribution is 5.77. The second kappa shape index (κ2) is 8.13. The van der Waals surface area contributed by atoms with Crippen LogP contribution < -0.4 is 16.4 Å². The number of guanidine groups is 1. The molecule has 8 heteroatoms. The van der Waals surface area contributed by atoms with E-state index in [0.717, 1.165) is 12.3 Å². The topological polar surface area (TPSA) is 75.3 Å². The summed E-state index contributed by atoms with van der Waals surface area (Å²) < 4.78 is 37.0. The van der Waals surface area contributed by atoms with Crippen molar-refractivity contribution in [3.63, 3.8) is 0 Å². The molecule has 116 valence electrons. The molecular weight excluding hydrogens is 283 g/mol. The van der Waals surface area contributed by atoms with Crippen LogP contribution in [0.2, 0.25) is 0 Å². The summed E-state index contributed by atoms with van der Waals surface area (Å²) in [5.74, 6) is 0.729. The van der Waals surface area contributed by atoms with Gasteiger partial charge in [0.05, 0.1) is 5.56 Å². The van der Waals surface area contributed by atoms with Gasteiger partial charge in [-0.15, -0.1) is 6.58 Å². The van der Waals surface area contributed by atoms with E-state index in [1.54, 1.807) is 6.08 Å². The van der Waals surface area contributed by atoms with Crippen molar-refractivity contribution >= 4 is 11.8 Å². The van der Waals surface area contributed by atoms with Gasteiger partial charge in [0.2, 0.25) is 0 Å². The summed E-state index contributed by atoms with van der Waals surface area (Å²) in [7, 11) is 0. The minimum Gasteiger partial charge on any atom is -0.370 e. The number of anilines is 1. The lowest BCUT2D eigenvalue weighted by Crippen LogP contribution is -2.31. The van der Waals surface area contributed by atoms with E-state index in [-0.39, 0.29) is 0 Å². The van der Waals surface area contributed by atoms with Crippen LogP contribution in [0.3, 0.4) is 0 Å². The summed E-state index contributed by atoms with van der Waals surface area (Å²) in [5.41, 5.74) is 4.80. The fourth-order valence-corrected chi connectivity index (χ4v) is 1.39. The van der Waals surface area contributed by atoms with Gasteiger partial charge in [-0.3, -0.25) is 4.99 Å². The van der Waals surface area contributed by atoms with Gasteiger partial charge in [0, 0.05) is 25.8 Å². The lowest BCUT2D eigenvalue weighted by molar-refractivity contribution is -0.137. The van der Waals surface area contributed by atoms with E-state index in [9.17, 15) is 13.2 Å². The molecule has 21 heavy (non-hydrogen) atoms. The molecule has 0 unspecified atom stereocenters. The normalized spacial score (nSPS) is 12.0. The lowest BCUT2D eigenvalue weighted by atomic mass is 10.3. The molecule has 1 aromatic rings. The largest absolute Gasteiger partial charge is 0.417 e. The Hall–Kier alpha value is -2.25.